The number of carbonyl (C=O) groups excluding carboxylic acids is 1. The van der Waals surface area contributed by atoms with Crippen molar-refractivity contribution < 1.29 is 18.0 Å². The van der Waals surface area contributed by atoms with Crippen molar-refractivity contribution in [3.63, 3.8) is 0 Å². The molecule has 1 fully saturated rings. The average molecular weight is 442 g/mol. The molecular weight excluding hydrogens is 421 g/mol. The molecule has 1 saturated heterocycles. The van der Waals surface area contributed by atoms with E-state index >= 15 is 0 Å². The topological polar surface area (TPSA) is 68.1 Å². The Hall–Kier alpha value is -3.49. The molecule has 0 unspecified atom stereocenters. The summed E-state index contributed by atoms with van der Waals surface area (Å²) in [6.45, 7) is 1.12. The summed E-state index contributed by atoms with van der Waals surface area (Å²) in [4.78, 5) is 35.0. The number of rotatable bonds is 4. The molecule has 0 spiro atoms. The van der Waals surface area contributed by atoms with Gasteiger partial charge in [-0.1, -0.05) is 12.1 Å². The summed E-state index contributed by atoms with van der Waals surface area (Å²) in [6, 6.07) is 9.90. The van der Waals surface area contributed by atoms with Crippen molar-refractivity contribution >= 4 is 5.91 Å². The number of likely N-dealkylation sites (tertiary alicyclic amines) is 1. The van der Waals surface area contributed by atoms with Crippen LogP contribution < -0.4 is 5.56 Å². The van der Waals surface area contributed by atoms with E-state index in [9.17, 15) is 22.8 Å². The van der Waals surface area contributed by atoms with Gasteiger partial charge in [0.15, 0.2) is 0 Å². The van der Waals surface area contributed by atoms with E-state index in [1.165, 1.54) is 40.1 Å². The lowest BCUT2D eigenvalue weighted by atomic mass is 9.95. The minimum Gasteiger partial charge on any atom is -0.339 e. The number of hydrogen-bond acceptors (Lipinski definition) is 4. The number of aromatic nitrogens is 3. The molecule has 1 amide bonds. The van der Waals surface area contributed by atoms with Gasteiger partial charge in [0, 0.05) is 43.7 Å². The van der Waals surface area contributed by atoms with Gasteiger partial charge in [0.05, 0.1) is 23.1 Å². The van der Waals surface area contributed by atoms with E-state index in [2.05, 4.69) is 9.97 Å². The first kappa shape index (κ1) is 21.7. The van der Waals surface area contributed by atoms with Crippen molar-refractivity contribution in [2.45, 2.75) is 25.6 Å². The Kier molecular flexibility index (Phi) is 6.07. The van der Waals surface area contributed by atoms with E-state index < -0.39 is 17.6 Å². The molecule has 0 saturated carbocycles. The van der Waals surface area contributed by atoms with Crippen molar-refractivity contribution in [3.8, 4) is 11.3 Å². The number of alkyl halides is 3. The maximum Gasteiger partial charge on any atom is 0.417 e. The maximum absolute atomic E-state index is 13.2. The molecular formula is C23H21F3N4O2. The number of carbonyl (C=O) groups is 1. The molecule has 166 valence electrons. The number of amides is 1. The Bertz CT molecular complexity index is 1150. The molecule has 0 bridgehead atoms. The number of pyridine rings is 1. The van der Waals surface area contributed by atoms with Crippen LogP contribution in [0.1, 0.15) is 28.8 Å². The SMILES string of the molecule is O=C(c1ccccc1C(F)(F)F)N1CCC(Cn2cnc(-c3cccnc3)cc2=O)CC1. The van der Waals surface area contributed by atoms with E-state index in [1.807, 2.05) is 6.07 Å². The van der Waals surface area contributed by atoms with Gasteiger partial charge in [0.2, 0.25) is 0 Å². The number of nitrogens with zero attached hydrogens (tertiary/aromatic N) is 4. The van der Waals surface area contributed by atoms with Gasteiger partial charge >= 0.3 is 6.18 Å². The van der Waals surface area contributed by atoms with Crippen LogP contribution in [0.2, 0.25) is 0 Å². The van der Waals surface area contributed by atoms with Gasteiger partial charge in [0.1, 0.15) is 0 Å². The van der Waals surface area contributed by atoms with Gasteiger partial charge in [-0.2, -0.15) is 13.2 Å². The smallest absolute Gasteiger partial charge is 0.339 e. The second kappa shape index (κ2) is 8.94. The highest BCUT2D eigenvalue weighted by atomic mass is 19.4. The van der Waals surface area contributed by atoms with Crippen LogP contribution in [0.25, 0.3) is 11.3 Å². The minimum absolute atomic E-state index is 0.126. The summed E-state index contributed by atoms with van der Waals surface area (Å²) >= 11 is 0. The van der Waals surface area contributed by atoms with Gasteiger partial charge in [-0.3, -0.25) is 19.1 Å². The highest BCUT2D eigenvalue weighted by Crippen LogP contribution is 2.33. The first-order valence-electron chi connectivity index (χ1n) is 10.3. The summed E-state index contributed by atoms with van der Waals surface area (Å²) < 4.78 is 41.3. The molecule has 0 radical (unpaired) electrons. The molecule has 32 heavy (non-hydrogen) atoms. The summed E-state index contributed by atoms with van der Waals surface area (Å²) in [5, 5.41) is 0. The molecule has 3 heterocycles. The van der Waals surface area contributed by atoms with E-state index in [-0.39, 0.29) is 17.0 Å². The number of hydrogen-bond donors (Lipinski definition) is 0. The van der Waals surface area contributed by atoms with Crippen LogP contribution >= 0.6 is 0 Å². The Balaban J connectivity index is 1.40. The maximum atomic E-state index is 13.2. The van der Waals surface area contributed by atoms with Crippen LogP contribution in [0, 0.1) is 5.92 Å². The van der Waals surface area contributed by atoms with Crippen LogP contribution in [-0.2, 0) is 12.7 Å². The summed E-state index contributed by atoms with van der Waals surface area (Å²) in [7, 11) is 0. The van der Waals surface area contributed by atoms with Crippen LogP contribution in [-0.4, -0.2) is 38.4 Å². The molecule has 1 aliphatic heterocycles. The van der Waals surface area contributed by atoms with Crippen molar-refractivity contribution in [2.24, 2.45) is 5.92 Å². The lowest BCUT2D eigenvalue weighted by Crippen LogP contribution is -2.40. The van der Waals surface area contributed by atoms with Crippen LogP contribution in [0.15, 0.2) is 66.0 Å². The van der Waals surface area contributed by atoms with Crippen LogP contribution in [0.4, 0.5) is 13.2 Å². The Morgan fingerprint density at radius 1 is 1.09 bits per heavy atom. The Morgan fingerprint density at radius 3 is 2.50 bits per heavy atom. The first-order chi connectivity index (χ1) is 15.3. The Morgan fingerprint density at radius 2 is 1.84 bits per heavy atom. The first-order valence-corrected chi connectivity index (χ1v) is 10.3. The molecule has 2 aromatic heterocycles. The fourth-order valence-electron chi connectivity index (χ4n) is 3.92. The summed E-state index contributed by atoms with van der Waals surface area (Å²) in [6.07, 6.45) is 1.38. The molecule has 3 aromatic rings. The second-order valence-electron chi connectivity index (χ2n) is 7.79. The molecule has 6 nitrogen and oxygen atoms in total. The zero-order chi connectivity index (χ0) is 22.7. The Labute approximate surface area is 182 Å². The average Bonchev–Trinajstić information content (AvgIpc) is 2.80. The zero-order valence-corrected chi connectivity index (χ0v) is 17.1. The van der Waals surface area contributed by atoms with Gasteiger partial charge in [0.25, 0.3) is 11.5 Å². The van der Waals surface area contributed by atoms with E-state index in [1.54, 1.807) is 18.5 Å². The van der Waals surface area contributed by atoms with E-state index in [4.69, 9.17) is 0 Å². The predicted molar refractivity (Wildman–Crippen MR) is 112 cm³/mol. The highest BCUT2D eigenvalue weighted by molar-refractivity contribution is 5.96. The third-order valence-corrected chi connectivity index (χ3v) is 5.66. The molecule has 1 aromatic carbocycles. The predicted octanol–water partition coefficient (Wildman–Crippen LogP) is 3.88. The number of piperidine rings is 1. The summed E-state index contributed by atoms with van der Waals surface area (Å²) in [5.41, 5.74) is -0.134. The second-order valence-corrected chi connectivity index (χ2v) is 7.79. The lowest BCUT2D eigenvalue weighted by molar-refractivity contribution is -0.138. The molecule has 1 aliphatic rings. The number of halogens is 3. The van der Waals surface area contributed by atoms with Crippen molar-refractivity contribution in [1.29, 1.82) is 0 Å². The van der Waals surface area contributed by atoms with E-state index in [0.29, 0.717) is 38.2 Å². The molecule has 0 atom stereocenters. The molecule has 0 aliphatic carbocycles. The third-order valence-electron chi connectivity index (χ3n) is 5.66. The van der Waals surface area contributed by atoms with Crippen LogP contribution in [0.5, 0.6) is 0 Å². The van der Waals surface area contributed by atoms with Crippen molar-refractivity contribution in [3.05, 3.63) is 82.7 Å². The fourth-order valence-corrected chi connectivity index (χ4v) is 3.92. The quantitative estimate of drug-likeness (QED) is 0.615. The lowest BCUT2D eigenvalue weighted by Gasteiger charge is -2.32. The van der Waals surface area contributed by atoms with Gasteiger partial charge < -0.3 is 4.90 Å². The standard InChI is InChI=1S/C23H21F3N4O2/c24-23(25,26)19-6-2-1-5-18(19)22(32)29-10-7-16(8-11-29)14-30-15-28-20(12-21(30)31)17-4-3-9-27-13-17/h1-6,9,12-13,15-16H,7-8,10-11,14H2. The monoisotopic (exact) mass is 442 g/mol. The van der Waals surface area contributed by atoms with Gasteiger partial charge in [-0.15, -0.1) is 0 Å². The number of benzene rings is 1. The van der Waals surface area contributed by atoms with Gasteiger partial charge in [-0.25, -0.2) is 4.98 Å². The molecule has 0 N–H and O–H groups in total. The van der Waals surface area contributed by atoms with Crippen LogP contribution in [0.3, 0.4) is 0 Å². The normalized spacial score (nSPS) is 15.0. The van der Waals surface area contributed by atoms with Gasteiger partial charge in [-0.05, 0) is 43.0 Å². The van der Waals surface area contributed by atoms with Crippen molar-refractivity contribution in [1.82, 2.24) is 19.4 Å². The van der Waals surface area contributed by atoms with E-state index in [0.717, 1.165) is 11.6 Å². The largest absolute Gasteiger partial charge is 0.417 e. The zero-order valence-electron chi connectivity index (χ0n) is 17.1. The summed E-state index contributed by atoms with van der Waals surface area (Å²) in [5.74, 6) is -0.489. The molecule has 9 heteroatoms. The highest BCUT2D eigenvalue weighted by Gasteiger charge is 2.36. The van der Waals surface area contributed by atoms with Crippen molar-refractivity contribution in [2.75, 3.05) is 13.1 Å². The minimum atomic E-state index is -4.58. The fraction of sp³-hybridized carbons (Fsp3) is 0.304. The third kappa shape index (κ3) is 4.71. The molecule has 4 rings (SSSR count).